The van der Waals surface area contributed by atoms with Gasteiger partial charge in [0.1, 0.15) is 5.75 Å². The van der Waals surface area contributed by atoms with Gasteiger partial charge in [-0.3, -0.25) is 4.79 Å². The molecule has 0 saturated carbocycles. The first-order chi connectivity index (χ1) is 11.4. The Morgan fingerprint density at radius 1 is 0.923 bits per heavy atom. The van der Waals surface area contributed by atoms with Gasteiger partial charge in [0.15, 0.2) is 0 Å². The molecule has 26 heavy (non-hydrogen) atoms. The average molecular weight is 359 g/mol. The quantitative estimate of drug-likeness (QED) is 0.438. The van der Waals surface area contributed by atoms with E-state index >= 15 is 0 Å². The normalized spacial score (nSPS) is 10.3. The summed E-state index contributed by atoms with van der Waals surface area (Å²) in [5.41, 5.74) is 3.30. The Kier molecular flexibility index (Phi) is 9.71. The molecule has 0 N–H and O–H groups in total. The van der Waals surface area contributed by atoms with E-state index in [-0.39, 0.29) is 27.6 Å². The lowest BCUT2D eigenvalue weighted by Crippen LogP contribution is -2.27. The van der Waals surface area contributed by atoms with Crippen LogP contribution in [0, 0.1) is 12.3 Å². The molecule has 2 aromatic rings. The highest BCUT2D eigenvalue weighted by Gasteiger charge is 2.27. The van der Waals surface area contributed by atoms with Crippen molar-refractivity contribution >= 4 is 5.97 Å². The van der Waals surface area contributed by atoms with Crippen molar-refractivity contribution in [3.05, 3.63) is 65.2 Å². The Morgan fingerprint density at radius 2 is 1.42 bits per heavy atom. The number of aryl methyl sites for hydroxylation is 1. The van der Waals surface area contributed by atoms with Crippen LogP contribution in [-0.4, -0.2) is 12.8 Å². The first kappa shape index (κ1) is 23.7. The molecular formula is C23H34O3. The summed E-state index contributed by atoms with van der Waals surface area (Å²) in [6.45, 7) is 7.74. The van der Waals surface area contributed by atoms with Gasteiger partial charge in [0, 0.05) is 0 Å². The summed E-state index contributed by atoms with van der Waals surface area (Å²) < 4.78 is 10.7. The van der Waals surface area contributed by atoms with Gasteiger partial charge in [0.25, 0.3) is 0 Å². The molecule has 0 atom stereocenters. The van der Waals surface area contributed by atoms with Gasteiger partial charge >= 0.3 is 5.97 Å². The third-order valence-electron chi connectivity index (χ3n) is 4.30. The number of carbonyl (C=O) groups is 1. The van der Waals surface area contributed by atoms with E-state index in [0.717, 1.165) is 12.8 Å². The molecule has 0 radical (unpaired) electrons. The van der Waals surface area contributed by atoms with Crippen molar-refractivity contribution in [2.75, 3.05) is 6.79 Å². The molecule has 0 fully saturated rings. The van der Waals surface area contributed by atoms with Crippen LogP contribution >= 0.6 is 0 Å². The van der Waals surface area contributed by atoms with Crippen LogP contribution in [0.25, 0.3) is 0 Å². The number of hydrogen-bond acceptors (Lipinski definition) is 3. The molecular weight excluding hydrogens is 324 g/mol. The molecule has 0 heterocycles. The van der Waals surface area contributed by atoms with Gasteiger partial charge in [-0.05, 0) is 56.9 Å². The van der Waals surface area contributed by atoms with Crippen LogP contribution in [0.2, 0.25) is 0 Å². The van der Waals surface area contributed by atoms with Gasteiger partial charge < -0.3 is 9.47 Å². The molecule has 0 amide bonds. The summed E-state index contributed by atoms with van der Waals surface area (Å²) in [5, 5.41) is 0. The Hall–Kier alpha value is -2.29. The monoisotopic (exact) mass is 358 g/mol. The molecule has 0 aliphatic carbocycles. The van der Waals surface area contributed by atoms with E-state index in [4.69, 9.17) is 9.47 Å². The highest BCUT2D eigenvalue weighted by Crippen LogP contribution is 2.22. The minimum atomic E-state index is -0.471. The summed E-state index contributed by atoms with van der Waals surface area (Å²) in [5.74, 6) is 0.464. The van der Waals surface area contributed by atoms with Crippen LogP contribution in [-0.2, 0) is 16.0 Å². The molecule has 0 spiro atoms. The van der Waals surface area contributed by atoms with Gasteiger partial charge in [0.05, 0.1) is 5.41 Å². The van der Waals surface area contributed by atoms with E-state index in [1.807, 2.05) is 45.0 Å². The van der Waals surface area contributed by atoms with Crippen LogP contribution < -0.4 is 4.74 Å². The lowest BCUT2D eigenvalue weighted by Gasteiger charge is -2.20. The number of hydrogen-bond donors (Lipinski definition) is 0. The van der Waals surface area contributed by atoms with Crippen LogP contribution in [0.1, 0.15) is 58.7 Å². The molecule has 2 aromatic carbocycles. The molecule has 0 aliphatic rings. The highest BCUT2D eigenvalue weighted by atomic mass is 16.7. The van der Waals surface area contributed by atoms with Crippen LogP contribution in [0.15, 0.2) is 48.5 Å². The summed E-state index contributed by atoms with van der Waals surface area (Å²) in [4.78, 5) is 11.9. The molecule has 0 saturated heterocycles. The average Bonchev–Trinajstić information content (AvgIpc) is 2.58. The zero-order valence-corrected chi connectivity index (χ0v) is 15.0. The predicted molar refractivity (Wildman–Crippen MR) is 110 cm³/mol. The fraction of sp³-hybridized carbons (Fsp3) is 0.435. The van der Waals surface area contributed by atoms with Crippen molar-refractivity contribution in [2.24, 2.45) is 5.41 Å². The summed E-state index contributed by atoms with van der Waals surface area (Å²) >= 11 is 0. The number of benzene rings is 2. The van der Waals surface area contributed by atoms with Crippen molar-refractivity contribution in [3.8, 4) is 5.75 Å². The maximum atomic E-state index is 11.9. The molecule has 3 heteroatoms. The number of esters is 1. The second-order valence-electron chi connectivity index (χ2n) is 6.74. The molecule has 0 aromatic heterocycles. The van der Waals surface area contributed by atoms with E-state index in [9.17, 15) is 4.79 Å². The van der Waals surface area contributed by atoms with Crippen molar-refractivity contribution in [1.82, 2.24) is 0 Å². The first-order valence-electron chi connectivity index (χ1n) is 8.35. The molecule has 144 valence electrons. The zero-order valence-electron chi connectivity index (χ0n) is 15.0. The lowest BCUT2D eigenvalue weighted by atomic mass is 9.91. The van der Waals surface area contributed by atoms with Crippen molar-refractivity contribution in [1.29, 1.82) is 0 Å². The van der Waals surface area contributed by atoms with E-state index in [0.29, 0.717) is 5.75 Å². The molecule has 3 nitrogen and oxygen atoms in total. The smallest absolute Gasteiger partial charge is 0.314 e. The number of rotatable bonds is 7. The Morgan fingerprint density at radius 3 is 1.92 bits per heavy atom. The summed E-state index contributed by atoms with van der Waals surface area (Å²) in [7, 11) is 0. The van der Waals surface area contributed by atoms with E-state index in [2.05, 4.69) is 31.2 Å². The molecule has 0 bridgehead atoms. The molecule has 0 aliphatic heterocycles. The minimum Gasteiger partial charge on any atom is -0.457 e. The van der Waals surface area contributed by atoms with Gasteiger partial charge in [-0.2, -0.15) is 0 Å². The maximum absolute atomic E-state index is 11.9. The highest BCUT2D eigenvalue weighted by molar-refractivity contribution is 5.75. The predicted octanol–water partition coefficient (Wildman–Crippen LogP) is 6.17. The zero-order chi connectivity index (χ0) is 17.6. The number of ether oxygens (including phenoxy) is 2. The first-order valence-corrected chi connectivity index (χ1v) is 8.35. The minimum absolute atomic E-state index is 0. The fourth-order valence-electron chi connectivity index (χ4n) is 2.14. The van der Waals surface area contributed by atoms with Gasteiger partial charge in [-0.25, -0.2) is 0 Å². The summed E-state index contributed by atoms with van der Waals surface area (Å²) in [6.07, 6.45) is 1.62. The standard InChI is InChI=1S/C21H26O3.2CH4/c1-5-21(3,4)20(22)24-15-23-19-12-10-18(11-13-19)14-17-8-6-16(2)7-9-17;;/h6-13H,5,14-15H2,1-4H3;2*1H4. The third-order valence-corrected chi connectivity index (χ3v) is 4.30. The maximum Gasteiger partial charge on any atom is 0.314 e. The van der Waals surface area contributed by atoms with Crippen molar-refractivity contribution < 1.29 is 14.3 Å². The van der Waals surface area contributed by atoms with Gasteiger partial charge in [-0.15, -0.1) is 0 Å². The summed E-state index contributed by atoms with van der Waals surface area (Å²) in [6, 6.07) is 16.4. The van der Waals surface area contributed by atoms with Gasteiger partial charge in [-0.1, -0.05) is 63.7 Å². The van der Waals surface area contributed by atoms with Crippen molar-refractivity contribution in [3.63, 3.8) is 0 Å². The third kappa shape index (κ3) is 6.91. The SMILES string of the molecule is C.C.CCC(C)(C)C(=O)OCOc1ccc(Cc2ccc(C)cc2)cc1. The van der Waals surface area contributed by atoms with E-state index in [1.54, 1.807) is 0 Å². The Bertz CT molecular complexity index is 655. The second-order valence-corrected chi connectivity index (χ2v) is 6.74. The molecule has 0 unspecified atom stereocenters. The Labute approximate surface area is 159 Å². The fourth-order valence-corrected chi connectivity index (χ4v) is 2.14. The molecule has 2 rings (SSSR count). The number of carbonyl (C=O) groups excluding carboxylic acids is 1. The van der Waals surface area contributed by atoms with Crippen LogP contribution in [0.4, 0.5) is 0 Å². The topological polar surface area (TPSA) is 35.5 Å². The largest absolute Gasteiger partial charge is 0.457 e. The van der Waals surface area contributed by atoms with Crippen LogP contribution in [0.3, 0.4) is 0 Å². The lowest BCUT2D eigenvalue weighted by molar-refractivity contribution is -0.160. The van der Waals surface area contributed by atoms with Gasteiger partial charge in [0.2, 0.25) is 6.79 Å². The van der Waals surface area contributed by atoms with Crippen molar-refractivity contribution in [2.45, 2.75) is 55.4 Å². The second kappa shape index (κ2) is 10.6. The Balaban J connectivity index is 0.00000312. The van der Waals surface area contributed by atoms with Crippen LogP contribution in [0.5, 0.6) is 5.75 Å². The van der Waals surface area contributed by atoms with E-state index < -0.39 is 5.41 Å². The van der Waals surface area contributed by atoms with E-state index in [1.165, 1.54) is 16.7 Å².